The van der Waals surface area contributed by atoms with Gasteiger partial charge in [-0.25, -0.2) is 8.42 Å². The van der Waals surface area contributed by atoms with E-state index in [0.29, 0.717) is 48.5 Å². The number of anilines is 1. The van der Waals surface area contributed by atoms with Crippen molar-refractivity contribution in [3.05, 3.63) is 102 Å². The highest BCUT2D eigenvalue weighted by molar-refractivity contribution is 7.93. The third kappa shape index (κ3) is 4.78. The van der Waals surface area contributed by atoms with Gasteiger partial charge >= 0.3 is 0 Å². The van der Waals surface area contributed by atoms with E-state index in [0.717, 1.165) is 5.39 Å². The van der Waals surface area contributed by atoms with Crippen LogP contribution in [0.1, 0.15) is 20.8 Å². The summed E-state index contributed by atoms with van der Waals surface area (Å²) in [7, 11) is -3.82. The highest BCUT2D eigenvalue weighted by Crippen LogP contribution is 2.25. The lowest BCUT2D eigenvalue weighted by Crippen LogP contribution is -2.50. The number of rotatable bonds is 5. The SMILES string of the molecule is O=C(c1ccc(NS(=O)(=O)c2cccc3ccccc23)cc1)N1CCN(C(=O)c2ccccn2)CC1. The maximum Gasteiger partial charge on any atom is 0.272 e. The van der Waals surface area contributed by atoms with E-state index in [-0.39, 0.29) is 16.7 Å². The summed E-state index contributed by atoms with van der Waals surface area (Å²) in [6.07, 6.45) is 1.58. The second-order valence-corrected chi connectivity index (χ2v) is 10.1. The van der Waals surface area contributed by atoms with Gasteiger partial charge < -0.3 is 9.80 Å². The number of carbonyl (C=O) groups excluding carboxylic acids is 2. The molecule has 0 atom stereocenters. The smallest absolute Gasteiger partial charge is 0.272 e. The molecule has 1 aliphatic heterocycles. The highest BCUT2D eigenvalue weighted by Gasteiger charge is 2.26. The monoisotopic (exact) mass is 500 g/mol. The summed E-state index contributed by atoms with van der Waals surface area (Å²) in [6.45, 7) is 1.66. The minimum atomic E-state index is -3.82. The molecular formula is C27H24N4O4S. The maximum atomic E-state index is 13.0. The Morgan fingerprint density at radius 2 is 1.36 bits per heavy atom. The summed E-state index contributed by atoms with van der Waals surface area (Å²) in [4.78, 5) is 33.2. The first-order valence-corrected chi connectivity index (χ1v) is 13.0. The number of fused-ring (bicyclic) bond motifs is 1. The number of sulfonamides is 1. The third-order valence-electron chi connectivity index (χ3n) is 6.16. The van der Waals surface area contributed by atoms with Crippen molar-refractivity contribution in [2.45, 2.75) is 4.90 Å². The Kier molecular flexibility index (Phi) is 6.39. The third-order valence-corrected chi connectivity index (χ3v) is 7.60. The summed E-state index contributed by atoms with van der Waals surface area (Å²) in [5.74, 6) is -0.311. The first-order valence-electron chi connectivity index (χ1n) is 11.5. The fraction of sp³-hybridized carbons (Fsp3) is 0.148. The molecule has 1 N–H and O–H groups in total. The van der Waals surface area contributed by atoms with E-state index < -0.39 is 10.0 Å². The van der Waals surface area contributed by atoms with Crippen LogP contribution in [0.15, 0.2) is 96.0 Å². The van der Waals surface area contributed by atoms with Crippen LogP contribution >= 0.6 is 0 Å². The van der Waals surface area contributed by atoms with E-state index in [1.165, 1.54) is 0 Å². The molecule has 9 heteroatoms. The molecule has 3 aromatic carbocycles. The predicted molar refractivity (Wildman–Crippen MR) is 137 cm³/mol. The molecule has 1 fully saturated rings. The Bertz CT molecular complexity index is 1510. The molecule has 1 aromatic heterocycles. The zero-order valence-corrected chi connectivity index (χ0v) is 20.2. The topological polar surface area (TPSA) is 99.7 Å². The van der Waals surface area contributed by atoms with E-state index in [1.54, 1.807) is 82.7 Å². The van der Waals surface area contributed by atoms with Crippen molar-refractivity contribution in [3.63, 3.8) is 0 Å². The molecule has 36 heavy (non-hydrogen) atoms. The van der Waals surface area contributed by atoms with Crippen molar-refractivity contribution in [1.29, 1.82) is 0 Å². The Labute approximate surface area is 209 Å². The lowest BCUT2D eigenvalue weighted by molar-refractivity contribution is 0.0532. The number of aromatic nitrogens is 1. The molecule has 0 saturated carbocycles. The van der Waals surface area contributed by atoms with Crippen LogP contribution in [0.3, 0.4) is 0 Å². The lowest BCUT2D eigenvalue weighted by Gasteiger charge is -2.34. The van der Waals surface area contributed by atoms with Gasteiger partial charge in [-0.3, -0.25) is 19.3 Å². The minimum absolute atomic E-state index is 0.148. The molecule has 1 saturated heterocycles. The molecule has 2 heterocycles. The Morgan fingerprint density at radius 1 is 0.722 bits per heavy atom. The van der Waals surface area contributed by atoms with Crippen LogP contribution in [0.2, 0.25) is 0 Å². The van der Waals surface area contributed by atoms with Crippen molar-refractivity contribution in [2.75, 3.05) is 30.9 Å². The molecule has 1 aliphatic rings. The van der Waals surface area contributed by atoms with Gasteiger partial charge in [0.05, 0.1) is 4.90 Å². The molecule has 4 aromatic rings. The fourth-order valence-corrected chi connectivity index (χ4v) is 5.56. The molecule has 0 aliphatic carbocycles. The zero-order valence-electron chi connectivity index (χ0n) is 19.4. The average Bonchev–Trinajstić information content (AvgIpc) is 2.93. The van der Waals surface area contributed by atoms with Crippen LogP contribution in [-0.4, -0.2) is 61.2 Å². The molecule has 0 unspecified atom stereocenters. The maximum absolute atomic E-state index is 13.0. The summed E-state index contributed by atoms with van der Waals surface area (Å²) in [5, 5.41) is 1.48. The number of amides is 2. The highest BCUT2D eigenvalue weighted by atomic mass is 32.2. The van der Waals surface area contributed by atoms with Crippen LogP contribution in [-0.2, 0) is 10.0 Å². The standard InChI is InChI=1S/C27H24N4O4S/c32-26(30-16-18-31(19-17-30)27(33)24-9-3-4-15-28-24)21-11-13-22(14-12-21)29-36(34,35)25-10-5-7-20-6-1-2-8-23(20)25/h1-15,29H,16-19H2. The second kappa shape index (κ2) is 9.79. The van der Waals surface area contributed by atoms with Crippen molar-refractivity contribution in [1.82, 2.24) is 14.8 Å². The molecule has 0 spiro atoms. The number of pyridine rings is 1. The molecule has 0 radical (unpaired) electrons. The first kappa shape index (κ1) is 23.5. The lowest BCUT2D eigenvalue weighted by atomic mass is 10.1. The van der Waals surface area contributed by atoms with Gasteiger partial charge in [-0.15, -0.1) is 0 Å². The van der Waals surface area contributed by atoms with Crippen LogP contribution < -0.4 is 4.72 Å². The van der Waals surface area contributed by atoms with Gasteiger partial charge in [-0.1, -0.05) is 42.5 Å². The van der Waals surface area contributed by atoms with Gasteiger partial charge in [0.2, 0.25) is 0 Å². The van der Waals surface area contributed by atoms with E-state index >= 15 is 0 Å². The average molecular weight is 501 g/mol. The van der Waals surface area contributed by atoms with Crippen molar-refractivity contribution in [3.8, 4) is 0 Å². The van der Waals surface area contributed by atoms with Gasteiger partial charge in [0.15, 0.2) is 0 Å². The summed E-state index contributed by atoms with van der Waals surface area (Å²) in [5.41, 5.74) is 1.21. The van der Waals surface area contributed by atoms with E-state index in [4.69, 9.17) is 0 Å². The number of benzene rings is 3. The number of hydrogen-bond donors (Lipinski definition) is 1. The molecule has 0 bridgehead atoms. The number of nitrogens with one attached hydrogen (secondary N) is 1. The number of nitrogens with zero attached hydrogens (tertiary/aromatic N) is 3. The Hall–Kier alpha value is -4.24. The molecule has 2 amide bonds. The van der Waals surface area contributed by atoms with Crippen LogP contribution in [0.25, 0.3) is 10.8 Å². The first-order chi connectivity index (χ1) is 17.4. The fourth-order valence-electron chi connectivity index (χ4n) is 4.27. The van der Waals surface area contributed by atoms with Gasteiger partial charge in [0.25, 0.3) is 21.8 Å². The van der Waals surface area contributed by atoms with Crippen molar-refractivity contribution in [2.24, 2.45) is 0 Å². The molecule has 182 valence electrons. The molecular weight excluding hydrogens is 476 g/mol. The Balaban J connectivity index is 1.23. The number of piperazine rings is 1. The number of hydrogen-bond acceptors (Lipinski definition) is 5. The van der Waals surface area contributed by atoms with Gasteiger partial charge in [0.1, 0.15) is 5.69 Å². The van der Waals surface area contributed by atoms with Crippen LogP contribution in [0, 0.1) is 0 Å². The second-order valence-electron chi connectivity index (χ2n) is 8.46. The van der Waals surface area contributed by atoms with Crippen molar-refractivity contribution < 1.29 is 18.0 Å². The van der Waals surface area contributed by atoms with Crippen molar-refractivity contribution >= 4 is 38.3 Å². The summed E-state index contributed by atoms with van der Waals surface area (Å²) >= 11 is 0. The van der Waals surface area contributed by atoms with E-state index in [2.05, 4.69) is 9.71 Å². The van der Waals surface area contributed by atoms with E-state index in [1.807, 2.05) is 18.2 Å². The summed E-state index contributed by atoms with van der Waals surface area (Å²) in [6, 6.07) is 24.0. The Morgan fingerprint density at radius 3 is 2.06 bits per heavy atom. The van der Waals surface area contributed by atoms with Crippen LogP contribution in [0.5, 0.6) is 0 Å². The number of carbonyl (C=O) groups is 2. The van der Waals surface area contributed by atoms with Gasteiger partial charge in [-0.2, -0.15) is 0 Å². The molecule has 8 nitrogen and oxygen atoms in total. The minimum Gasteiger partial charge on any atom is -0.335 e. The van der Waals surface area contributed by atoms with Gasteiger partial charge in [-0.05, 0) is 47.9 Å². The largest absolute Gasteiger partial charge is 0.335 e. The predicted octanol–water partition coefficient (Wildman–Crippen LogP) is 3.63. The van der Waals surface area contributed by atoms with Crippen LogP contribution in [0.4, 0.5) is 5.69 Å². The molecule has 5 rings (SSSR count). The quantitative estimate of drug-likeness (QED) is 0.451. The van der Waals surface area contributed by atoms with Gasteiger partial charge in [0, 0.05) is 49.0 Å². The van der Waals surface area contributed by atoms with E-state index in [9.17, 15) is 18.0 Å². The zero-order chi connectivity index (χ0) is 25.1. The normalized spacial score (nSPS) is 14.0. The summed E-state index contributed by atoms with van der Waals surface area (Å²) < 4.78 is 28.7.